The molecule has 3 nitrogen and oxygen atoms in total. The molecule has 0 saturated heterocycles. The zero-order valence-corrected chi connectivity index (χ0v) is 16.5. The lowest BCUT2D eigenvalue weighted by Crippen LogP contribution is -2.24. The van der Waals surface area contributed by atoms with Crippen molar-refractivity contribution in [3.05, 3.63) is 83.9 Å². The maximum atomic E-state index is 12.6. The highest BCUT2D eigenvalue weighted by Gasteiger charge is 2.18. The van der Waals surface area contributed by atoms with Crippen LogP contribution in [-0.2, 0) is 4.79 Å². The zero-order valence-electron chi connectivity index (χ0n) is 14.9. The molecule has 0 fully saturated rings. The van der Waals surface area contributed by atoms with Crippen molar-refractivity contribution < 1.29 is 9.53 Å². The maximum absolute atomic E-state index is 12.6. The first-order valence-electron chi connectivity index (χ1n) is 8.70. The van der Waals surface area contributed by atoms with E-state index >= 15 is 0 Å². The van der Waals surface area contributed by atoms with Crippen molar-refractivity contribution in [2.75, 3.05) is 5.32 Å². The molecule has 5 heteroatoms. The van der Waals surface area contributed by atoms with Gasteiger partial charge in [0.05, 0.1) is 5.25 Å². The van der Waals surface area contributed by atoms with E-state index in [1.807, 2.05) is 85.8 Å². The Labute approximate surface area is 168 Å². The van der Waals surface area contributed by atoms with Crippen molar-refractivity contribution in [1.29, 1.82) is 0 Å². The van der Waals surface area contributed by atoms with E-state index in [1.54, 1.807) is 0 Å². The van der Waals surface area contributed by atoms with E-state index < -0.39 is 0 Å². The first kappa shape index (κ1) is 19.3. The Morgan fingerprint density at radius 3 is 2.22 bits per heavy atom. The van der Waals surface area contributed by atoms with E-state index in [2.05, 4.69) is 5.32 Å². The van der Waals surface area contributed by atoms with E-state index in [1.165, 1.54) is 11.8 Å². The van der Waals surface area contributed by atoms with E-state index in [0.717, 1.165) is 28.5 Å². The van der Waals surface area contributed by atoms with E-state index in [4.69, 9.17) is 16.3 Å². The molecule has 0 spiro atoms. The first-order chi connectivity index (χ1) is 13.1. The number of thioether (sulfide) groups is 1. The molecule has 1 N–H and O–H groups in total. The van der Waals surface area contributed by atoms with Gasteiger partial charge in [-0.05, 0) is 67.1 Å². The standard InChI is InChI=1S/C22H20ClNO2S/c1-2-21(27-20-14-8-16(23)9-15-20)22(25)24-17-10-12-19(13-11-17)26-18-6-4-3-5-7-18/h3-15,21H,2H2,1H3,(H,24,25)/t21-/m1/s1. The van der Waals surface area contributed by atoms with Crippen LogP contribution in [-0.4, -0.2) is 11.2 Å². The van der Waals surface area contributed by atoms with Gasteiger partial charge in [-0.3, -0.25) is 4.79 Å². The fourth-order valence-electron chi connectivity index (χ4n) is 2.45. The number of hydrogen-bond acceptors (Lipinski definition) is 3. The number of benzene rings is 3. The van der Waals surface area contributed by atoms with Crippen molar-refractivity contribution in [3.8, 4) is 11.5 Å². The third-order valence-electron chi connectivity index (χ3n) is 3.86. The molecule has 0 unspecified atom stereocenters. The number of rotatable bonds is 7. The maximum Gasteiger partial charge on any atom is 0.237 e. The van der Waals surface area contributed by atoms with Gasteiger partial charge in [0.15, 0.2) is 0 Å². The van der Waals surface area contributed by atoms with Crippen LogP contribution in [0.15, 0.2) is 83.8 Å². The number of hydrogen-bond donors (Lipinski definition) is 1. The summed E-state index contributed by atoms with van der Waals surface area (Å²) in [5.41, 5.74) is 0.746. The monoisotopic (exact) mass is 397 g/mol. The minimum atomic E-state index is -0.175. The number of halogens is 1. The molecule has 0 aliphatic carbocycles. The number of amides is 1. The van der Waals surface area contributed by atoms with Crippen LogP contribution in [0.4, 0.5) is 5.69 Å². The molecule has 0 aromatic heterocycles. The molecule has 3 aromatic carbocycles. The van der Waals surface area contributed by atoms with Crippen molar-refractivity contribution in [1.82, 2.24) is 0 Å². The Hall–Kier alpha value is -2.43. The molecule has 1 atom stereocenters. The lowest BCUT2D eigenvalue weighted by Gasteiger charge is -2.15. The summed E-state index contributed by atoms with van der Waals surface area (Å²) in [6.45, 7) is 2.00. The van der Waals surface area contributed by atoms with Gasteiger partial charge in [0.2, 0.25) is 5.91 Å². The quantitative estimate of drug-likeness (QED) is 0.454. The van der Waals surface area contributed by atoms with Gasteiger partial charge in [-0.25, -0.2) is 0 Å². The lowest BCUT2D eigenvalue weighted by atomic mass is 10.2. The number of carbonyl (C=O) groups excluding carboxylic acids is 1. The summed E-state index contributed by atoms with van der Waals surface area (Å²) in [5.74, 6) is 1.48. The molecule has 3 rings (SSSR count). The van der Waals surface area contributed by atoms with Gasteiger partial charge >= 0.3 is 0 Å². The summed E-state index contributed by atoms with van der Waals surface area (Å²) in [6.07, 6.45) is 0.730. The van der Waals surface area contributed by atoms with Crippen molar-refractivity contribution in [2.45, 2.75) is 23.5 Å². The van der Waals surface area contributed by atoms with Gasteiger partial charge in [0.25, 0.3) is 0 Å². The average Bonchev–Trinajstić information content (AvgIpc) is 2.70. The van der Waals surface area contributed by atoms with Crippen LogP contribution < -0.4 is 10.1 Å². The summed E-state index contributed by atoms with van der Waals surface area (Å²) in [6, 6.07) is 24.5. The summed E-state index contributed by atoms with van der Waals surface area (Å²) in [5, 5.41) is 3.49. The molecule has 0 heterocycles. The molecule has 0 saturated carbocycles. The number of nitrogens with one attached hydrogen (secondary N) is 1. The second kappa shape index (κ2) is 9.49. The first-order valence-corrected chi connectivity index (χ1v) is 9.96. The zero-order chi connectivity index (χ0) is 19.1. The van der Waals surface area contributed by atoms with E-state index in [-0.39, 0.29) is 11.2 Å². The SMILES string of the molecule is CC[C@@H](Sc1ccc(Cl)cc1)C(=O)Nc1ccc(Oc2ccccc2)cc1. The predicted octanol–water partition coefficient (Wildman–Crippen LogP) is 6.64. The Balaban J connectivity index is 1.59. The second-order valence-corrected chi connectivity index (χ2v) is 7.61. The minimum Gasteiger partial charge on any atom is -0.457 e. The summed E-state index contributed by atoms with van der Waals surface area (Å²) >= 11 is 7.45. The highest BCUT2D eigenvalue weighted by atomic mass is 35.5. The van der Waals surface area contributed by atoms with Crippen LogP contribution in [0, 0.1) is 0 Å². The smallest absolute Gasteiger partial charge is 0.237 e. The molecule has 138 valence electrons. The Kier molecular flexibility index (Phi) is 6.80. The van der Waals surface area contributed by atoms with Crippen LogP contribution in [0.1, 0.15) is 13.3 Å². The third kappa shape index (κ3) is 5.78. The number of anilines is 1. The van der Waals surface area contributed by atoms with Crippen LogP contribution in [0.2, 0.25) is 5.02 Å². The molecule has 0 aliphatic heterocycles. The van der Waals surface area contributed by atoms with E-state index in [9.17, 15) is 4.79 Å². The Morgan fingerprint density at radius 1 is 0.963 bits per heavy atom. The van der Waals surface area contributed by atoms with Crippen LogP contribution >= 0.6 is 23.4 Å². The van der Waals surface area contributed by atoms with Crippen LogP contribution in [0.25, 0.3) is 0 Å². The van der Waals surface area contributed by atoms with Gasteiger partial charge in [0.1, 0.15) is 11.5 Å². The average molecular weight is 398 g/mol. The number of ether oxygens (including phenoxy) is 1. The predicted molar refractivity (Wildman–Crippen MR) is 113 cm³/mol. The molecule has 27 heavy (non-hydrogen) atoms. The fourth-order valence-corrected chi connectivity index (χ4v) is 3.53. The van der Waals surface area contributed by atoms with Gasteiger partial charge < -0.3 is 10.1 Å². The van der Waals surface area contributed by atoms with Gasteiger partial charge in [0, 0.05) is 15.6 Å². The number of para-hydroxylation sites is 1. The Morgan fingerprint density at radius 2 is 1.59 bits per heavy atom. The Bertz CT molecular complexity index is 867. The van der Waals surface area contributed by atoms with Crippen molar-refractivity contribution in [2.24, 2.45) is 0 Å². The van der Waals surface area contributed by atoms with Gasteiger partial charge in [-0.15, -0.1) is 11.8 Å². The molecule has 1 amide bonds. The third-order valence-corrected chi connectivity index (χ3v) is 5.48. The molecule has 3 aromatic rings. The molecular weight excluding hydrogens is 378 g/mol. The molecule has 0 bridgehead atoms. The lowest BCUT2D eigenvalue weighted by molar-refractivity contribution is -0.115. The molecular formula is C22H20ClNO2S. The van der Waals surface area contributed by atoms with Gasteiger partial charge in [-0.2, -0.15) is 0 Å². The number of carbonyl (C=O) groups is 1. The minimum absolute atomic E-state index is 0.0193. The van der Waals surface area contributed by atoms with Crippen molar-refractivity contribution in [3.63, 3.8) is 0 Å². The molecule has 0 aliphatic rings. The summed E-state index contributed by atoms with van der Waals surface area (Å²) in [7, 11) is 0. The molecule has 0 radical (unpaired) electrons. The van der Waals surface area contributed by atoms with Crippen molar-refractivity contribution >= 4 is 35.0 Å². The second-order valence-electron chi connectivity index (χ2n) is 5.90. The summed E-state index contributed by atoms with van der Waals surface area (Å²) < 4.78 is 5.77. The largest absolute Gasteiger partial charge is 0.457 e. The highest BCUT2D eigenvalue weighted by Crippen LogP contribution is 2.28. The van der Waals surface area contributed by atoms with Crippen LogP contribution in [0.3, 0.4) is 0 Å². The summed E-state index contributed by atoms with van der Waals surface area (Å²) in [4.78, 5) is 13.6. The topological polar surface area (TPSA) is 38.3 Å². The van der Waals surface area contributed by atoms with E-state index in [0.29, 0.717) is 5.02 Å². The van der Waals surface area contributed by atoms with Crippen LogP contribution in [0.5, 0.6) is 11.5 Å². The van der Waals surface area contributed by atoms with Gasteiger partial charge in [-0.1, -0.05) is 36.7 Å². The normalized spacial score (nSPS) is 11.6. The fraction of sp³-hybridized carbons (Fsp3) is 0.136. The highest BCUT2D eigenvalue weighted by molar-refractivity contribution is 8.00.